The van der Waals surface area contributed by atoms with Crippen LogP contribution in [0.2, 0.25) is 0 Å². The Kier molecular flexibility index (Phi) is 12.6. The number of hydrogen-bond donors (Lipinski definition) is 0. The first kappa shape index (κ1) is 18.3. The van der Waals surface area contributed by atoms with E-state index in [9.17, 15) is 9.59 Å². The maximum Gasteiger partial charge on any atom is 0.159 e. The fourth-order valence-electron chi connectivity index (χ4n) is 1.67. The third-order valence-corrected chi connectivity index (χ3v) is 2.84. The molecule has 0 aromatic heterocycles. The third-order valence-electron chi connectivity index (χ3n) is 2.84. The number of aldehydes is 1. The van der Waals surface area contributed by atoms with Gasteiger partial charge in [-0.1, -0.05) is 62.6 Å². The first-order valence-electron chi connectivity index (χ1n) is 7.37. The Morgan fingerprint density at radius 1 is 1.00 bits per heavy atom. The molecule has 0 radical (unpaired) electrons. The molecule has 0 atom stereocenters. The van der Waals surface area contributed by atoms with Crippen LogP contribution in [-0.4, -0.2) is 12.1 Å². The van der Waals surface area contributed by atoms with Crippen molar-refractivity contribution in [3.8, 4) is 0 Å². The number of unbranched alkanes of at least 4 members (excludes halogenated alkanes) is 3. The van der Waals surface area contributed by atoms with E-state index in [2.05, 4.69) is 6.92 Å². The number of ketones is 1. The van der Waals surface area contributed by atoms with Crippen LogP contribution in [0.3, 0.4) is 0 Å². The summed E-state index contributed by atoms with van der Waals surface area (Å²) in [6, 6.07) is 0. The summed E-state index contributed by atoms with van der Waals surface area (Å²) in [7, 11) is 0. The minimum atomic E-state index is 0.0167. The van der Waals surface area contributed by atoms with Crippen molar-refractivity contribution in [2.45, 2.75) is 52.4 Å². The Morgan fingerprint density at radius 2 is 1.75 bits per heavy atom. The monoisotopic (exact) mass is 274 g/mol. The van der Waals surface area contributed by atoms with Gasteiger partial charge in [0, 0.05) is 6.42 Å². The van der Waals surface area contributed by atoms with Crippen LogP contribution in [0.25, 0.3) is 0 Å². The quantitative estimate of drug-likeness (QED) is 0.236. The van der Waals surface area contributed by atoms with Gasteiger partial charge in [0.25, 0.3) is 0 Å². The topological polar surface area (TPSA) is 34.1 Å². The fraction of sp³-hybridized carbons (Fsp3) is 0.444. The fourth-order valence-corrected chi connectivity index (χ4v) is 1.67. The van der Waals surface area contributed by atoms with Crippen molar-refractivity contribution in [2.24, 2.45) is 0 Å². The van der Waals surface area contributed by atoms with Crippen LogP contribution < -0.4 is 0 Å². The summed E-state index contributed by atoms with van der Waals surface area (Å²) in [5.74, 6) is 0.0167. The average molecular weight is 274 g/mol. The lowest BCUT2D eigenvalue weighted by molar-refractivity contribution is -0.113. The molecule has 0 amide bonds. The van der Waals surface area contributed by atoms with Gasteiger partial charge >= 0.3 is 0 Å². The van der Waals surface area contributed by atoms with Gasteiger partial charge in [-0.25, -0.2) is 0 Å². The van der Waals surface area contributed by atoms with E-state index in [1.54, 1.807) is 12.2 Å². The number of hydrogen-bond acceptors (Lipinski definition) is 2. The molecule has 110 valence electrons. The Balaban J connectivity index is 4.08. The second-order valence-corrected chi connectivity index (χ2v) is 4.65. The molecule has 2 heteroatoms. The Hall–Kier alpha value is -1.70. The van der Waals surface area contributed by atoms with Crippen molar-refractivity contribution in [3.05, 3.63) is 48.1 Å². The standard InChI is InChI=1S/C18H26O2/c1-3-5-7-9-11-13-18(20)15-14-17(16-19)12-10-8-6-4-2/h3,5,7,9,11,13-14,16H,4,6,8,10,12,15H2,1-2H3/b5-3+,9-7+,13-11+,17-14+. The van der Waals surface area contributed by atoms with Gasteiger partial charge in [0.05, 0.1) is 0 Å². The van der Waals surface area contributed by atoms with Crippen LogP contribution in [0.5, 0.6) is 0 Å². The number of rotatable bonds is 11. The Labute approximate surface area is 123 Å². The molecule has 0 aliphatic rings. The third kappa shape index (κ3) is 11.4. The van der Waals surface area contributed by atoms with Gasteiger partial charge in [0.15, 0.2) is 5.78 Å². The van der Waals surface area contributed by atoms with Crippen molar-refractivity contribution in [1.29, 1.82) is 0 Å². The molecule has 2 nitrogen and oxygen atoms in total. The van der Waals surface area contributed by atoms with Crippen molar-refractivity contribution in [2.75, 3.05) is 0 Å². The summed E-state index contributed by atoms with van der Waals surface area (Å²) in [5, 5.41) is 0. The van der Waals surface area contributed by atoms with Crippen molar-refractivity contribution in [1.82, 2.24) is 0 Å². The highest BCUT2D eigenvalue weighted by molar-refractivity contribution is 5.91. The van der Waals surface area contributed by atoms with Crippen molar-refractivity contribution in [3.63, 3.8) is 0 Å². The van der Waals surface area contributed by atoms with Gasteiger partial charge in [0.1, 0.15) is 6.29 Å². The minimum absolute atomic E-state index is 0.0167. The molecule has 0 rings (SSSR count). The summed E-state index contributed by atoms with van der Waals surface area (Å²) in [4.78, 5) is 22.5. The molecule has 0 aliphatic heterocycles. The number of carbonyl (C=O) groups excluding carboxylic acids is 2. The van der Waals surface area contributed by atoms with Crippen LogP contribution >= 0.6 is 0 Å². The zero-order chi connectivity index (χ0) is 15.1. The molecule has 0 saturated carbocycles. The first-order chi connectivity index (χ1) is 9.74. The first-order valence-corrected chi connectivity index (χ1v) is 7.37. The zero-order valence-corrected chi connectivity index (χ0v) is 12.7. The molecule has 0 aromatic carbocycles. The van der Waals surface area contributed by atoms with Crippen LogP contribution in [0, 0.1) is 0 Å². The van der Waals surface area contributed by atoms with E-state index in [1.807, 2.05) is 31.2 Å². The van der Waals surface area contributed by atoms with Gasteiger partial charge in [-0.3, -0.25) is 9.59 Å². The molecule has 0 N–H and O–H groups in total. The highest BCUT2D eigenvalue weighted by atomic mass is 16.1. The number of carbonyl (C=O) groups is 2. The highest BCUT2D eigenvalue weighted by Gasteiger charge is 1.98. The van der Waals surface area contributed by atoms with Crippen molar-refractivity contribution < 1.29 is 9.59 Å². The molecule has 0 aliphatic carbocycles. The van der Waals surface area contributed by atoms with Crippen LogP contribution in [-0.2, 0) is 9.59 Å². The summed E-state index contributed by atoms with van der Waals surface area (Å²) in [6.07, 6.45) is 19.0. The van der Waals surface area contributed by atoms with Gasteiger partial charge in [-0.2, -0.15) is 0 Å². The van der Waals surface area contributed by atoms with E-state index < -0.39 is 0 Å². The molecular weight excluding hydrogens is 248 g/mol. The molecule has 0 spiro atoms. The van der Waals surface area contributed by atoms with Gasteiger partial charge in [0.2, 0.25) is 0 Å². The minimum Gasteiger partial charge on any atom is -0.298 e. The van der Waals surface area contributed by atoms with Gasteiger partial charge in [-0.05, 0) is 31.4 Å². The second-order valence-electron chi connectivity index (χ2n) is 4.65. The molecule has 0 saturated heterocycles. The molecule has 0 bridgehead atoms. The van der Waals surface area contributed by atoms with E-state index in [4.69, 9.17) is 0 Å². The van der Waals surface area contributed by atoms with Crippen LogP contribution in [0.4, 0.5) is 0 Å². The van der Waals surface area contributed by atoms with Crippen molar-refractivity contribution >= 4 is 12.1 Å². The maximum absolute atomic E-state index is 11.6. The smallest absolute Gasteiger partial charge is 0.159 e. The molecule has 0 aromatic rings. The average Bonchev–Trinajstić information content (AvgIpc) is 2.46. The summed E-state index contributed by atoms with van der Waals surface area (Å²) in [6.45, 7) is 4.09. The van der Waals surface area contributed by atoms with E-state index >= 15 is 0 Å². The molecule has 0 heterocycles. The summed E-state index contributed by atoms with van der Waals surface area (Å²) >= 11 is 0. The van der Waals surface area contributed by atoms with Gasteiger partial charge in [-0.15, -0.1) is 0 Å². The lowest BCUT2D eigenvalue weighted by atomic mass is 10.1. The molecule has 0 fully saturated rings. The van der Waals surface area contributed by atoms with E-state index in [1.165, 1.54) is 18.9 Å². The lowest BCUT2D eigenvalue weighted by Crippen LogP contribution is -1.92. The largest absolute Gasteiger partial charge is 0.298 e. The van der Waals surface area contributed by atoms with E-state index in [0.717, 1.165) is 31.1 Å². The molecule has 0 unspecified atom stereocenters. The molecular formula is C18H26O2. The summed E-state index contributed by atoms with van der Waals surface area (Å²) < 4.78 is 0. The van der Waals surface area contributed by atoms with E-state index in [-0.39, 0.29) is 5.78 Å². The Bertz CT molecular complexity index is 384. The highest BCUT2D eigenvalue weighted by Crippen LogP contribution is 2.09. The zero-order valence-electron chi connectivity index (χ0n) is 12.7. The SMILES string of the molecule is C/C=C/C=C/C=C/C(=O)C/C=C(/C=O)CCCCCC. The van der Waals surface area contributed by atoms with E-state index in [0.29, 0.717) is 6.42 Å². The maximum atomic E-state index is 11.6. The van der Waals surface area contributed by atoms with Crippen LogP contribution in [0.1, 0.15) is 52.4 Å². The second kappa shape index (κ2) is 13.7. The predicted octanol–water partition coefficient (Wildman–Crippen LogP) is 4.73. The molecule has 20 heavy (non-hydrogen) atoms. The van der Waals surface area contributed by atoms with Gasteiger partial charge < -0.3 is 0 Å². The summed E-state index contributed by atoms with van der Waals surface area (Å²) in [5.41, 5.74) is 0.743. The number of allylic oxidation sites excluding steroid dienone is 8. The predicted molar refractivity (Wildman–Crippen MR) is 85.6 cm³/mol. The normalized spacial score (nSPS) is 12.8. The van der Waals surface area contributed by atoms with Crippen LogP contribution in [0.15, 0.2) is 48.1 Å². The Morgan fingerprint density at radius 3 is 2.40 bits per heavy atom. The lowest BCUT2D eigenvalue weighted by Gasteiger charge is -1.99.